The lowest BCUT2D eigenvalue weighted by molar-refractivity contribution is -0.148. The van der Waals surface area contributed by atoms with E-state index in [1.807, 2.05) is 18.2 Å². The van der Waals surface area contributed by atoms with Gasteiger partial charge in [0.05, 0.1) is 0 Å². The molecule has 0 bridgehead atoms. The van der Waals surface area contributed by atoms with Gasteiger partial charge in [0.1, 0.15) is 0 Å². The Morgan fingerprint density at radius 3 is 1.67 bits per heavy atom. The summed E-state index contributed by atoms with van der Waals surface area (Å²) in [6.07, 6.45) is 3.50. The maximum atomic E-state index is 9.32. The molecule has 0 aliphatic rings. The van der Waals surface area contributed by atoms with Crippen LogP contribution in [0.15, 0.2) is 30.6 Å². The predicted molar refractivity (Wildman–Crippen MR) is 41.1 cm³/mol. The van der Waals surface area contributed by atoms with E-state index in [1.165, 1.54) is 0 Å². The summed E-state index contributed by atoms with van der Waals surface area (Å²) in [6.45, 7) is 0. The summed E-state index contributed by atoms with van der Waals surface area (Å²) in [4.78, 5) is 22.3. The fourth-order valence-corrected chi connectivity index (χ4v) is 0.313. The zero-order valence-electron chi connectivity index (χ0n) is 6.18. The van der Waals surface area contributed by atoms with E-state index >= 15 is 0 Å². The van der Waals surface area contributed by atoms with E-state index in [4.69, 9.17) is 5.11 Å². The Morgan fingerprint density at radius 2 is 1.58 bits per heavy atom. The van der Waals surface area contributed by atoms with Crippen LogP contribution in [-0.4, -0.2) is 22.0 Å². The first-order valence-electron chi connectivity index (χ1n) is 3.02. The van der Waals surface area contributed by atoms with Gasteiger partial charge < -0.3 is 10.8 Å². The molecule has 0 radical (unpaired) electrons. The van der Waals surface area contributed by atoms with Crippen LogP contribution >= 0.6 is 0 Å². The number of hydrogen-bond donors (Lipinski definition) is 2. The molecular weight excluding hydrogens is 160 g/mol. The molecule has 0 saturated carbocycles. The Labute approximate surface area is 68.8 Å². The van der Waals surface area contributed by atoms with Gasteiger partial charge in [0.25, 0.3) is 0 Å². The van der Waals surface area contributed by atoms with E-state index < -0.39 is 11.9 Å². The van der Waals surface area contributed by atoms with Crippen LogP contribution in [0.3, 0.4) is 0 Å². The number of amides is 1. The molecule has 64 valence electrons. The first-order chi connectivity index (χ1) is 5.64. The number of nitrogens with two attached hydrogens (primary N) is 1. The maximum absolute atomic E-state index is 9.32. The molecule has 0 atom stereocenters. The van der Waals surface area contributed by atoms with Crippen molar-refractivity contribution < 1.29 is 14.7 Å². The molecule has 0 spiro atoms. The van der Waals surface area contributed by atoms with Crippen molar-refractivity contribution in [2.24, 2.45) is 5.73 Å². The topological polar surface area (TPSA) is 93.3 Å². The fourth-order valence-electron chi connectivity index (χ4n) is 0.313. The van der Waals surface area contributed by atoms with Gasteiger partial charge in [0.15, 0.2) is 0 Å². The van der Waals surface area contributed by atoms with Crippen molar-refractivity contribution in [2.45, 2.75) is 0 Å². The summed E-state index contributed by atoms with van der Waals surface area (Å²) in [5.41, 5.74) is 4.20. The minimum Gasteiger partial charge on any atom is -0.474 e. The Kier molecular flexibility index (Phi) is 4.91. The molecule has 0 aliphatic carbocycles. The third-order valence-corrected chi connectivity index (χ3v) is 0.777. The molecule has 5 nitrogen and oxygen atoms in total. The molecule has 0 saturated heterocycles. The van der Waals surface area contributed by atoms with Gasteiger partial charge in [-0.1, -0.05) is 6.07 Å². The standard InChI is InChI=1S/C5H5N.C2H3NO3/c1-2-4-6-5-3-1;3-1(4)2(5)6/h1-5H;(H2,3,4)(H,5,6). The lowest BCUT2D eigenvalue weighted by Gasteiger charge is -1.74. The fraction of sp³-hybridized carbons (Fsp3) is 0. The van der Waals surface area contributed by atoms with Crippen LogP contribution in [-0.2, 0) is 9.59 Å². The summed E-state index contributed by atoms with van der Waals surface area (Å²) in [6, 6.07) is 5.72. The number of nitrogens with zero attached hydrogens (tertiary/aromatic N) is 1. The van der Waals surface area contributed by atoms with Crippen molar-refractivity contribution in [1.29, 1.82) is 0 Å². The number of primary amides is 1. The van der Waals surface area contributed by atoms with Crippen molar-refractivity contribution in [2.75, 3.05) is 0 Å². The molecule has 0 aromatic carbocycles. The number of aromatic nitrogens is 1. The van der Waals surface area contributed by atoms with Crippen LogP contribution in [0.25, 0.3) is 0 Å². The minimum atomic E-state index is -1.60. The zero-order chi connectivity index (χ0) is 9.40. The Bertz CT molecular complexity index is 209. The Morgan fingerprint density at radius 1 is 1.17 bits per heavy atom. The van der Waals surface area contributed by atoms with Gasteiger partial charge in [-0.3, -0.25) is 9.78 Å². The summed E-state index contributed by atoms with van der Waals surface area (Å²) in [7, 11) is 0. The number of carboxylic acids is 1. The van der Waals surface area contributed by atoms with Gasteiger partial charge in [-0.2, -0.15) is 0 Å². The van der Waals surface area contributed by atoms with E-state index in [2.05, 4.69) is 10.7 Å². The van der Waals surface area contributed by atoms with Crippen LogP contribution < -0.4 is 5.73 Å². The molecule has 12 heavy (non-hydrogen) atoms. The van der Waals surface area contributed by atoms with E-state index in [0.29, 0.717) is 0 Å². The largest absolute Gasteiger partial charge is 0.474 e. The highest BCUT2D eigenvalue weighted by molar-refractivity contribution is 6.30. The van der Waals surface area contributed by atoms with Crippen LogP contribution in [0.4, 0.5) is 0 Å². The summed E-state index contributed by atoms with van der Waals surface area (Å²) < 4.78 is 0. The number of rotatable bonds is 0. The second-order valence-electron chi connectivity index (χ2n) is 1.69. The number of aliphatic carboxylic acids is 1. The number of carbonyl (C=O) groups is 2. The molecule has 1 amide bonds. The van der Waals surface area contributed by atoms with Gasteiger partial charge in [0.2, 0.25) is 0 Å². The Balaban J connectivity index is 0.000000202. The van der Waals surface area contributed by atoms with Crippen LogP contribution in [0.1, 0.15) is 0 Å². The molecule has 3 N–H and O–H groups in total. The number of pyridine rings is 1. The minimum absolute atomic E-state index is 1.32. The Hall–Kier alpha value is -1.91. The van der Waals surface area contributed by atoms with Crippen molar-refractivity contribution in [3.05, 3.63) is 30.6 Å². The third-order valence-electron chi connectivity index (χ3n) is 0.777. The summed E-state index contributed by atoms with van der Waals surface area (Å²) in [5, 5.41) is 7.52. The van der Waals surface area contributed by atoms with E-state index in [-0.39, 0.29) is 0 Å². The summed E-state index contributed by atoms with van der Waals surface area (Å²) in [5.74, 6) is -2.93. The highest BCUT2D eigenvalue weighted by atomic mass is 16.4. The lowest BCUT2D eigenvalue weighted by atomic mass is 10.5. The van der Waals surface area contributed by atoms with Crippen molar-refractivity contribution in [3.8, 4) is 0 Å². The number of hydrogen-bond acceptors (Lipinski definition) is 3. The number of carboxylic acid groups (broad SMARTS) is 1. The summed E-state index contributed by atoms with van der Waals surface area (Å²) >= 11 is 0. The van der Waals surface area contributed by atoms with Gasteiger partial charge >= 0.3 is 11.9 Å². The van der Waals surface area contributed by atoms with Crippen molar-refractivity contribution in [1.82, 2.24) is 4.98 Å². The maximum Gasteiger partial charge on any atom is 0.394 e. The van der Waals surface area contributed by atoms with Crippen LogP contribution in [0.5, 0.6) is 0 Å². The smallest absolute Gasteiger partial charge is 0.394 e. The molecule has 1 heterocycles. The molecule has 0 unspecified atom stereocenters. The molecule has 1 aromatic rings. The van der Waals surface area contributed by atoms with Gasteiger partial charge in [-0.15, -0.1) is 0 Å². The van der Waals surface area contributed by atoms with Gasteiger partial charge in [0, 0.05) is 12.4 Å². The second-order valence-corrected chi connectivity index (χ2v) is 1.69. The van der Waals surface area contributed by atoms with Crippen molar-refractivity contribution in [3.63, 3.8) is 0 Å². The first-order valence-corrected chi connectivity index (χ1v) is 3.02. The van der Waals surface area contributed by atoms with Gasteiger partial charge in [-0.25, -0.2) is 4.79 Å². The van der Waals surface area contributed by atoms with E-state index in [1.54, 1.807) is 12.4 Å². The molecule has 1 rings (SSSR count). The molecule has 0 fully saturated rings. The number of carbonyl (C=O) groups excluding carboxylic acids is 1. The van der Waals surface area contributed by atoms with Crippen molar-refractivity contribution >= 4 is 11.9 Å². The lowest BCUT2D eigenvalue weighted by Crippen LogP contribution is -2.21. The van der Waals surface area contributed by atoms with Crippen LogP contribution in [0, 0.1) is 0 Å². The average Bonchev–Trinajstić information content (AvgIpc) is 2.08. The average molecular weight is 168 g/mol. The second kappa shape index (κ2) is 5.84. The zero-order valence-corrected chi connectivity index (χ0v) is 6.18. The van der Waals surface area contributed by atoms with Gasteiger partial charge in [-0.05, 0) is 12.1 Å². The van der Waals surface area contributed by atoms with E-state index in [0.717, 1.165) is 0 Å². The quantitative estimate of drug-likeness (QED) is 0.517. The van der Waals surface area contributed by atoms with Crippen LogP contribution in [0.2, 0.25) is 0 Å². The highest BCUT2D eigenvalue weighted by Gasteiger charge is 2.00. The van der Waals surface area contributed by atoms with E-state index in [9.17, 15) is 9.59 Å². The molecule has 0 aliphatic heterocycles. The normalized spacial score (nSPS) is 7.67. The highest BCUT2D eigenvalue weighted by Crippen LogP contribution is 1.73. The first kappa shape index (κ1) is 10.1. The monoisotopic (exact) mass is 168 g/mol. The molecular formula is C7H8N2O3. The third kappa shape index (κ3) is 6.21. The SMILES string of the molecule is NC(=O)C(=O)O.c1ccncc1. The molecule has 5 heteroatoms. The predicted octanol–water partition coefficient (Wildman–Crippen LogP) is -0.362. The molecule has 1 aromatic heterocycles.